The van der Waals surface area contributed by atoms with Crippen LogP contribution in [0, 0.1) is 0 Å². The molecular weight excluding hydrogens is 176 g/mol. The number of hydrogen-bond donors (Lipinski definition) is 1. The Morgan fingerprint density at radius 3 is 2.57 bits per heavy atom. The van der Waals surface area contributed by atoms with Crippen LogP contribution < -0.4 is 4.74 Å². The second-order valence-corrected chi connectivity index (χ2v) is 3.09. The molecule has 2 nitrogen and oxygen atoms in total. The summed E-state index contributed by atoms with van der Waals surface area (Å²) in [6.45, 7) is 6.03. The molecule has 2 heteroatoms. The fraction of sp³-hybridized carbons (Fsp3) is 0.333. The van der Waals surface area contributed by atoms with Gasteiger partial charge in [0.25, 0.3) is 0 Å². The van der Waals surface area contributed by atoms with Crippen LogP contribution in [0.25, 0.3) is 0 Å². The molecule has 0 spiro atoms. The summed E-state index contributed by atoms with van der Waals surface area (Å²) in [6, 6.07) is 7.48. The van der Waals surface area contributed by atoms with E-state index < -0.39 is 0 Å². The maximum absolute atomic E-state index is 9.54. The molecule has 0 amide bonds. The third-order valence-electron chi connectivity index (χ3n) is 2.02. The van der Waals surface area contributed by atoms with Crippen molar-refractivity contribution in [3.63, 3.8) is 0 Å². The van der Waals surface area contributed by atoms with Crippen molar-refractivity contribution < 1.29 is 9.84 Å². The molecule has 1 aromatic carbocycles. The summed E-state index contributed by atoms with van der Waals surface area (Å²) in [6.07, 6.45) is 2.06. The van der Waals surface area contributed by atoms with Gasteiger partial charge in [-0.25, -0.2) is 0 Å². The van der Waals surface area contributed by atoms with E-state index in [-0.39, 0.29) is 6.10 Å². The standard InChI is InChI=1S/C12H16O2/c1-3-9-14-11-7-5-10(6-8-11)12(13)4-2/h3,5-8,12-13H,1,4,9H2,2H3. The van der Waals surface area contributed by atoms with Crippen molar-refractivity contribution in [3.8, 4) is 5.75 Å². The van der Waals surface area contributed by atoms with E-state index >= 15 is 0 Å². The van der Waals surface area contributed by atoms with Gasteiger partial charge in [0.2, 0.25) is 0 Å². The van der Waals surface area contributed by atoms with Gasteiger partial charge < -0.3 is 9.84 Å². The van der Waals surface area contributed by atoms with Crippen molar-refractivity contribution >= 4 is 0 Å². The summed E-state index contributed by atoms with van der Waals surface area (Å²) in [4.78, 5) is 0. The monoisotopic (exact) mass is 192 g/mol. The predicted octanol–water partition coefficient (Wildman–Crippen LogP) is 2.69. The second kappa shape index (κ2) is 5.45. The Bertz CT molecular complexity index is 277. The van der Waals surface area contributed by atoms with Gasteiger partial charge in [-0.1, -0.05) is 31.7 Å². The van der Waals surface area contributed by atoms with Gasteiger partial charge in [-0.3, -0.25) is 0 Å². The molecule has 1 unspecified atom stereocenters. The highest BCUT2D eigenvalue weighted by Crippen LogP contribution is 2.19. The maximum Gasteiger partial charge on any atom is 0.119 e. The number of ether oxygens (including phenoxy) is 1. The lowest BCUT2D eigenvalue weighted by atomic mass is 10.1. The molecule has 0 aliphatic heterocycles. The average Bonchev–Trinajstić information content (AvgIpc) is 2.26. The topological polar surface area (TPSA) is 29.5 Å². The predicted molar refractivity (Wildman–Crippen MR) is 57.4 cm³/mol. The van der Waals surface area contributed by atoms with Gasteiger partial charge >= 0.3 is 0 Å². The minimum absolute atomic E-state index is 0.372. The zero-order chi connectivity index (χ0) is 10.4. The molecule has 1 rings (SSSR count). The lowest BCUT2D eigenvalue weighted by Crippen LogP contribution is -1.96. The maximum atomic E-state index is 9.54. The number of aliphatic hydroxyl groups excluding tert-OH is 1. The molecule has 0 heterocycles. The van der Waals surface area contributed by atoms with Crippen molar-refractivity contribution in [2.75, 3.05) is 6.61 Å². The van der Waals surface area contributed by atoms with Crippen LogP contribution in [0.4, 0.5) is 0 Å². The zero-order valence-corrected chi connectivity index (χ0v) is 8.44. The van der Waals surface area contributed by atoms with Crippen LogP contribution in [0.15, 0.2) is 36.9 Å². The number of aliphatic hydroxyl groups is 1. The van der Waals surface area contributed by atoms with E-state index in [1.165, 1.54) is 0 Å². The molecule has 14 heavy (non-hydrogen) atoms. The van der Waals surface area contributed by atoms with Gasteiger partial charge in [0.05, 0.1) is 6.10 Å². The van der Waals surface area contributed by atoms with Crippen LogP contribution in [0.2, 0.25) is 0 Å². The molecule has 0 radical (unpaired) electrons. The fourth-order valence-electron chi connectivity index (χ4n) is 1.18. The van der Waals surface area contributed by atoms with Crippen LogP contribution in [-0.2, 0) is 0 Å². The summed E-state index contributed by atoms with van der Waals surface area (Å²) in [5.74, 6) is 0.803. The Labute approximate surface area is 84.8 Å². The van der Waals surface area contributed by atoms with Crippen molar-refractivity contribution in [1.82, 2.24) is 0 Å². The van der Waals surface area contributed by atoms with Gasteiger partial charge in [0, 0.05) is 0 Å². The van der Waals surface area contributed by atoms with Crippen LogP contribution in [0.1, 0.15) is 25.0 Å². The third-order valence-corrected chi connectivity index (χ3v) is 2.02. The lowest BCUT2D eigenvalue weighted by molar-refractivity contribution is 0.173. The Hall–Kier alpha value is -1.28. The van der Waals surface area contributed by atoms with Crippen LogP contribution >= 0.6 is 0 Å². The Morgan fingerprint density at radius 2 is 2.07 bits per heavy atom. The molecule has 0 fully saturated rings. The lowest BCUT2D eigenvalue weighted by Gasteiger charge is -2.09. The highest BCUT2D eigenvalue weighted by molar-refractivity contribution is 5.28. The van der Waals surface area contributed by atoms with Crippen molar-refractivity contribution in [3.05, 3.63) is 42.5 Å². The van der Waals surface area contributed by atoms with Gasteiger partial charge in [-0.15, -0.1) is 0 Å². The number of benzene rings is 1. The quantitative estimate of drug-likeness (QED) is 0.727. The molecule has 0 bridgehead atoms. The van der Waals surface area contributed by atoms with Gasteiger partial charge in [-0.2, -0.15) is 0 Å². The number of rotatable bonds is 5. The van der Waals surface area contributed by atoms with E-state index in [1.807, 2.05) is 31.2 Å². The van der Waals surface area contributed by atoms with Crippen LogP contribution in [-0.4, -0.2) is 11.7 Å². The van der Waals surface area contributed by atoms with Gasteiger partial charge in [0.15, 0.2) is 0 Å². The minimum Gasteiger partial charge on any atom is -0.490 e. The first-order valence-electron chi connectivity index (χ1n) is 4.79. The molecule has 0 aliphatic rings. The first-order chi connectivity index (χ1) is 6.77. The molecule has 76 valence electrons. The molecule has 1 atom stereocenters. The zero-order valence-electron chi connectivity index (χ0n) is 8.44. The summed E-state index contributed by atoms with van der Waals surface area (Å²) < 4.78 is 5.32. The van der Waals surface area contributed by atoms with Gasteiger partial charge in [0.1, 0.15) is 12.4 Å². The normalized spacial score (nSPS) is 12.1. The molecule has 0 saturated carbocycles. The van der Waals surface area contributed by atoms with E-state index in [0.717, 1.165) is 17.7 Å². The van der Waals surface area contributed by atoms with Crippen LogP contribution in [0.5, 0.6) is 5.75 Å². The highest BCUT2D eigenvalue weighted by atomic mass is 16.5. The first kappa shape index (κ1) is 10.8. The Kier molecular flexibility index (Phi) is 4.20. The van der Waals surface area contributed by atoms with E-state index in [2.05, 4.69) is 6.58 Å². The van der Waals surface area contributed by atoms with Crippen molar-refractivity contribution in [2.45, 2.75) is 19.4 Å². The molecule has 1 aromatic rings. The number of hydrogen-bond acceptors (Lipinski definition) is 2. The smallest absolute Gasteiger partial charge is 0.119 e. The molecule has 1 N–H and O–H groups in total. The highest BCUT2D eigenvalue weighted by Gasteiger charge is 2.03. The fourth-order valence-corrected chi connectivity index (χ4v) is 1.18. The summed E-state index contributed by atoms with van der Waals surface area (Å²) in [7, 11) is 0. The molecule has 0 saturated heterocycles. The van der Waals surface area contributed by atoms with E-state index in [0.29, 0.717) is 6.61 Å². The van der Waals surface area contributed by atoms with Crippen LogP contribution in [0.3, 0.4) is 0 Å². The molecule has 0 aromatic heterocycles. The van der Waals surface area contributed by atoms with Crippen molar-refractivity contribution in [2.24, 2.45) is 0 Å². The summed E-state index contributed by atoms with van der Waals surface area (Å²) in [5, 5.41) is 9.54. The van der Waals surface area contributed by atoms with E-state index in [1.54, 1.807) is 6.08 Å². The Balaban J connectivity index is 2.63. The van der Waals surface area contributed by atoms with Gasteiger partial charge in [-0.05, 0) is 24.1 Å². The van der Waals surface area contributed by atoms with E-state index in [4.69, 9.17) is 4.74 Å². The average molecular weight is 192 g/mol. The summed E-state index contributed by atoms with van der Waals surface area (Å²) >= 11 is 0. The SMILES string of the molecule is C=CCOc1ccc(C(O)CC)cc1. The Morgan fingerprint density at radius 1 is 1.43 bits per heavy atom. The minimum atomic E-state index is -0.372. The second-order valence-electron chi connectivity index (χ2n) is 3.09. The molecular formula is C12H16O2. The summed E-state index contributed by atoms with van der Waals surface area (Å²) in [5.41, 5.74) is 0.929. The first-order valence-corrected chi connectivity index (χ1v) is 4.79. The van der Waals surface area contributed by atoms with E-state index in [9.17, 15) is 5.11 Å². The largest absolute Gasteiger partial charge is 0.490 e. The van der Waals surface area contributed by atoms with Crippen molar-refractivity contribution in [1.29, 1.82) is 0 Å². The third kappa shape index (κ3) is 2.89. The molecule has 0 aliphatic carbocycles.